The number of nitrogens with two attached hydrogens (primary N) is 1. The third-order valence-electron chi connectivity index (χ3n) is 3.44. The Morgan fingerprint density at radius 3 is 2.81 bits per heavy atom. The zero-order chi connectivity index (χ0) is 14.7. The van der Waals surface area contributed by atoms with Crippen LogP contribution in [0.2, 0.25) is 0 Å². The Kier molecular flexibility index (Phi) is 4.03. The molecule has 1 fully saturated rings. The first-order chi connectivity index (χ1) is 10.3. The molecule has 112 valence electrons. The number of hydrogen-bond acceptors (Lipinski definition) is 7. The minimum Gasteiger partial charge on any atom is -0.496 e. The summed E-state index contributed by atoms with van der Waals surface area (Å²) in [6.07, 6.45) is 0. The molecule has 3 rings (SSSR count). The first-order valence-corrected chi connectivity index (χ1v) is 6.85. The van der Waals surface area contributed by atoms with E-state index in [0.29, 0.717) is 17.5 Å². The predicted octanol–water partition coefficient (Wildman–Crippen LogP) is 1.04. The van der Waals surface area contributed by atoms with Gasteiger partial charge in [0.25, 0.3) is 0 Å². The Morgan fingerprint density at radius 1 is 1.33 bits per heavy atom. The lowest BCUT2D eigenvalue weighted by Gasteiger charge is -2.29. The van der Waals surface area contributed by atoms with Crippen LogP contribution in [0.15, 0.2) is 22.7 Å². The van der Waals surface area contributed by atoms with E-state index in [-0.39, 0.29) is 6.54 Å². The molecule has 1 saturated heterocycles. The SMILES string of the molecule is COc1ccc(N2CCOCC2)cc1-c1noc(CN)n1. The molecule has 0 bridgehead atoms. The summed E-state index contributed by atoms with van der Waals surface area (Å²) in [7, 11) is 1.62. The monoisotopic (exact) mass is 290 g/mol. The normalized spacial score (nSPS) is 15.2. The van der Waals surface area contributed by atoms with E-state index in [9.17, 15) is 0 Å². The van der Waals surface area contributed by atoms with Gasteiger partial charge in [-0.05, 0) is 18.2 Å². The van der Waals surface area contributed by atoms with Crippen molar-refractivity contribution in [2.24, 2.45) is 5.73 Å². The fourth-order valence-corrected chi connectivity index (χ4v) is 2.34. The highest BCUT2D eigenvalue weighted by Gasteiger charge is 2.17. The van der Waals surface area contributed by atoms with E-state index < -0.39 is 0 Å². The van der Waals surface area contributed by atoms with Crippen LogP contribution in [-0.2, 0) is 11.3 Å². The maximum absolute atomic E-state index is 5.51. The van der Waals surface area contributed by atoms with E-state index in [0.717, 1.165) is 37.6 Å². The van der Waals surface area contributed by atoms with Gasteiger partial charge in [0.1, 0.15) is 5.75 Å². The number of methoxy groups -OCH3 is 1. The summed E-state index contributed by atoms with van der Waals surface area (Å²) in [5.74, 6) is 1.60. The van der Waals surface area contributed by atoms with Crippen LogP contribution in [0.25, 0.3) is 11.4 Å². The molecule has 0 atom stereocenters. The van der Waals surface area contributed by atoms with Crippen molar-refractivity contribution in [1.29, 1.82) is 0 Å². The van der Waals surface area contributed by atoms with E-state index in [2.05, 4.69) is 15.0 Å². The Bertz CT molecular complexity index is 608. The average Bonchev–Trinajstić information content (AvgIpc) is 3.04. The first-order valence-electron chi connectivity index (χ1n) is 6.85. The van der Waals surface area contributed by atoms with Gasteiger partial charge in [-0.3, -0.25) is 0 Å². The highest BCUT2D eigenvalue weighted by molar-refractivity contribution is 5.70. The van der Waals surface area contributed by atoms with Gasteiger partial charge in [0.2, 0.25) is 11.7 Å². The number of hydrogen-bond donors (Lipinski definition) is 1. The lowest BCUT2D eigenvalue weighted by molar-refractivity contribution is 0.122. The highest BCUT2D eigenvalue weighted by atomic mass is 16.5. The summed E-state index contributed by atoms with van der Waals surface area (Å²) >= 11 is 0. The molecule has 1 aromatic carbocycles. The highest BCUT2D eigenvalue weighted by Crippen LogP contribution is 2.32. The molecule has 7 heteroatoms. The van der Waals surface area contributed by atoms with E-state index >= 15 is 0 Å². The quantitative estimate of drug-likeness (QED) is 0.900. The summed E-state index contributed by atoms with van der Waals surface area (Å²) in [6.45, 7) is 3.43. The van der Waals surface area contributed by atoms with Gasteiger partial charge in [-0.25, -0.2) is 0 Å². The van der Waals surface area contributed by atoms with Crippen molar-refractivity contribution >= 4 is 5.69 Å². The molecule has 0 unspecified atom stereocenters. The maximum Gasteiger partial charge on any atom is 0.240 e. The third kappa shape index (κ3) is 2.84. The molecule has 1 aliphatic rings. The fraction of sp³-hybridized carbons (Fsp3) is 0.429. The molecule has 2 aromatic rings. The number of benzene rings is 1. The molecule has 0 saturated carbocycles. The van der Waals surface area contributed by atoms with Crippen LogP contribution < -0.4 is 15.4 Å². The van der Waals surface area contributed by atoms with Gasteiger partial charge in [0.05, 0.1) is 32.4 Å². The summed E-state index contributed by atoms with van der Waals surface area (Å²) in [5.41, 5.74) is 7.40. The molecule has 0 aliphatic carbocycles. The van der Waals surface area contributed by atoms with Crippen molar-refractivity contribution in [2.45, 2.75) is 6.54 Å². The number of anilines is 1. The smallest absolute Gasteiger partial charge is 0.240 e. The van der Waals surface area contributed by atoms with Gasteiger partial charge in [0.15, 0.2) is 0 Å². The Labute approximate surface area is 122 Å². The Balaban J connectivity index is 1.96. The third-order valence-corrected chi connectivity index (χ3v) is 3.44. The van der Waals surface area contributed by atoms with Crippen molar-refractivity contribution < 1.29 is 14.0 Å². The van der Waals surface area contributed by atoms with Gasteiger partial charge < -0.3 is 24.6 Å². The second-order valence-electron chi connectivity index (χ2n) is 4.70. The first kappa shape index (κ1) is 13.8. The van der Waals surface area contributed by atoms with E-state index in [1.807, 2.05) is 18.2 Å². The van der Waals surface area contributed by atoms with Gasteiger partial charge >= 0.3 is 0 Å². The van der Waals surface area contributed by atoms with Crippen molar-refractivity contribution in [1.82, 2.24) is 10.1 Å². The van der Waals surface area contributed by atoms with Crippen LogP contribution >= 0.6 is 0 Å². The van der Waals surface area contributed by atoms with Crippen LogP contribution in [0.4, 0.5) is 5.69 Å². The van der Waals surface area contributed by atoms with Crippen molar-refractivity contribution in [3.8, 4) is 17.1 Å². The molecular formula is C14H18N4O3. The molecule has 21 heavy (non-hydrogen) atoms. The molecule has 0 radical (unpaired) electrons. The van der Waals surface area contributed by atoms with E-state index in [1.54, 1.807) is 7.11 Å². The number of rotatable bonds is 4. The lowest BCUT2D eigenvalue weighted by Crippen LogP contribution is -2.36. The fourth-order valence-electron chi connectivity index (χ4n) is 2.34. The zero-order valence-electron chi connectivity index (χ0n) is 11.9. The molecule has 1 aliphatic heterocycles. The molecule has 1 aromatic heterocycles. The van der Waals surface area contributed by atoms with Crippen molar-refractivity contribution in [2.75, 3.05) is 38.3 Å². The van der Waals surface area contributed by atoms with Crippen molar-refractivity contribution in [3.63, 3.8) is 0 Å². The number of morpholine rings is 1. The van der Waals surface area contributed by atoms with E-state index in [1.165, 1.54) is 0 Å². The molecule has 0 amide bonds. The van der Waals surface area contributed by atoms with Crippen LogP contribution in [-0.4, -0.2) is 43.6 Å². The molecule has 7 nitrogen and oxygen atoms in total. The largest absolute Gasteiger partial charge is 0.496 e. The van der Waals surface area contributed by atoms with Gasteiger partial charge in [0, 0.05) is 18.8 Å². The van der Waals surface area contributed by atoms with Crippen LogP contribution in [0, 0.1) is 0 Å². The second kappa shape index (κ2) is 6.11. The van der Waals surface area contributed by atoms with Gasteiger partial charge in [-0.2, -0.15) is 4.98 Å². The van der Waals surface area contributed by atoms with Crippen LogP contribution in [0.1, 0.15) is 5.89 Å². The molecule has 2 N–H and O–H groups in total. The van der Waals surface area contributed by atoms with Gasteiger partial charge in [-0.15, -0.1) is 0 Å². The number of aromatic nitrogens is 2. The number of nitrogens with zero attached hydrogens (tertiary/aromatic N) is 3. The standard InChI is InChI=1S/C14H18N4O3/c1-19-12-3-2-10(18-4-6-20-7-5-18)8-11(12)14-16-13(9-15)21-17-14/h2-3,8H,4-7,9,15H2,1H3. The summed E-state index contributed by atoms with van der Waals surface area (Å²) in [6, 6.07) is 5.95. The average molecular weight is 290 g/mol. The minimum absolute atomic E-state index is 0.221. The lowest BCUT2D eigenvalue weighted by atomic mass is 10.1. The predicted molar refractivity (Wildman–Crippen MR) is 77.2 cm³/mol. The summed E-state index contributed by atoms with van der Waals surface area (Å²) < 4.78 is 15.8. The molecule has 0 spiro atoms. The van der Waals surface area contributed by atoms with E-state index in [4.69, 9.17) is 19.7 Å². The van der Waals surface area contributed by atoms with Gasteiger partial charge in [-0.1, -0.05) is 5.16 Å². The topological polar surface area (TPSA) is 86.6 Å². The summed E-state index contributed by atoms with van der Waals surface area (Å²) in [5, 5.41) is 3.96. The van der Waals surface area contributed by atoms with Crippen molar-refractivity contribution in [3.05, 3.63) is 24.1 Å². The van der Waals surface area contributed by atoms with Crippen LogP contribution in [0.3, 0.4) is 0 Å². The maximum atomic E-state index is 5.51. The zero-order valence-corrected chi connectivity index (χ0v) is 11.9. The molecule has 2 heterocycles. The van der Waals surface area contributed by atoms with Crippen LogP contribution in [0.5, 0.6) is 5.75 Å². The second-order valence-corrected chi connectivity index (χ2v) is 4.70. The summed E-state index contributed by atoms with van der Waals surface area (Å²) in [4.78, 5) is 6.53. The Hall–Kier alpha value is -2.12. The number of ether oxygens (including phenoxy) is 2. The minimum atomic E-state index is 0.221. The molecular weight excluding hydrogens is 272 g/mol. The Morgan fingerprint density at radius 2 is 2.14 bits per heavy atom.